The van der Waals surface area contributed by atoms with E-state index in [-0.39, 0.29) is 17.6 Å². The predicted octanol–water partition coefficient (Wildman–Crippen LogP) is 2.44. The molecule has 31 heavy (non-hydrogen) atoms. The lowest BCUT2D eigenvalue weighted by atomic mass is 9.96. The SMILES string of the molecule is CN(C)CCN(C[C@@H]1CCCN(Cc2ccccc2F)C1)C(=O)CCN1CCCC1=O. The summed E-state index contributed by atoms with van der Waals surface area (Å²) in [4.78, 5) is 33.1. The van der Waals surface area contributed by atoms with Gasteiger partial charge in [-0.05, 0) is 51.9 Å². The molecule has 1 atom stereocenters. The highest BCUT2D eigenvalue weighted by Crippen LogP contribution is 2.21. The number of likely N-dealkylation sites (tertiary alicyclic amines) is 2. The molecular weight excluding hydrogens is 395 g/mol. The van der Waals surface area contributed by atoms with Crippen molar-refractivity contribution >= 4 is 11.8 Å². The fourth-order valence-corrected chi connectivity index (χ4v) is 4.59. The molecule has 2 aliphatic rings. The normalized spacial score (nSPS) is 19.9. The maximum atomic E-state index is 14.1. The maximum absolute atomic E-state index is 14.1. The first-order valence-corrected chi connectivity index (χ1v) is 11.6. The zero-order valence-corrected chi connectivity index (χ0v) is 19.1. The Kier molecular flexibility index (Phi) is 8.84. The van der Waals surface area contributed by atoms with E-state index in [0.29, 0.717) is 38.4 Å². The van der Waals surface area contributed by atoms with Gasteiger partial charge in [0.1, 0.15) is 5.82 Å². The van der Waals surface area contributed by atoms with Crippen LogP contribution in [0.4, 0.5) is 4.39 Å². The Labute approximate surface area is 186 Å². The summed E-state index contributed by atoms with van der Waals surface area (Å²) in [6.07, 6.45) is 4.06. The third-order valence-corrected chi connectivity index (χ3v) is 6.37. The van der Waals surface area contributed by atoms with Crippen LogP contribution in [0.15, 0.2) is 24.3 Å². The molecule has 2 amide bonds. The summed E-state index contributed by atoms with van der Waals surface area (Å²) < 4.78 is 14.1. The molecule has 2 fully saturated rings. The summed E-state index contributed by atoms with van der Waals surface area (Å²) in [5, 5.41) is 0. The summed E-state index contributed by atoms with van der Waals surface area (Å²) in [7, 11) is 4.03. The molecular formula is C24H37FN4O2. The van der Waals surface area contributed by atoms with Crippen LogP contribution in [0.3, 0.4) is 0 Å². The molecule has 2 saturated heterocycles. The molecule has 0 radical (unpaired) electrons. The Bertz CT molecular complexity index is 742. The zero-order chi connectivity index (χ0) is 22.2. The van der Waals surface area contributed by atoms with Crippen LogP contribution in [-0.2, 0) is 16.1 Å². The highest BCUT2D eigenvalue weighted by atomic mass is 19.1. The Balaban J connectivity index is 1.55. The van der Waals surface area contributed by atoms with E-state index in [1.807, 2.05) is 36.0 Å². The van der Waals surface area contributed by atoms with Crippen LogP contribution in [0.5, 0.6) is 0 Å². The summed E-state index contributed by atoms with van der Waals surface area (Å²) in [5.74, 6) is 0.542. The van der Waals surface area contributed by atoms with Crippen LogP contribution >= 0.6 is 0 Å². The standard InChI is InChI=1S/C24H37FN4O2/c1-26(2)15-16-29(24(31)11-14-28-13-6-10-23(28)30)18-20-7-5-12-27(17-20)19-21-8-3-4-9-22(21)25/h3-4,8-9,20H,5-7,10-19H2,1-2H3/t20-/m1/s1. The first-order chi connectivity index (χ1) is 14.9. The molecule has 0 aliphatic carbocycles. The van der Waals surface area contributed by atoms with Crippen molar-refractivity contribution < 1.29 is 14.0 Å². The minimum absolute atomic E-state index is 0.132. The zero-order valence-electron chi connectivity index (χ0n) is 19.1. The Morgan fingerprint density at radius 3 is 2.68 bits per heavy atom. The van der Waals surface area contributed by atoms with Gasteiger partial charge in [-0.3, -0.25) is 14.5 Å². The molecule has 0 N–H and O–H groups in total. The first-order valence-electron chi connectivity index (χ1n) is 11.6. The van der Waals surface area contributed by atoms with Crippen molar-refractivity contribution in [3.63, 3.8) is 0 Å². The van der Waals surface area contributed by atoms with Crippen molar-refractivity contribution in [1.29, 1.82) is 0 Å². The molecule has 2 aliphatic heterocycles. The van der Waals surface area contributed by atoms with Gasteiger partial charge in [0.05, 0.1) is 0 Å². The van der Waals surface area contributed by atoms with Gasteiger partial charge < -0.3 is 14.7 Å². The Hall–Kier alpha value is -1.99. The highest BCUT2D eigenvalue weighted by Gasteiger charge is 2.26. The van der Waals surface area contributed by atoms with Gasteiger partial charge in [-0.1, -0.05) is 18.2 Å². The van der Waals surface area contributed by atoms with Crippen LogP contribution in [0, 0.1) is 11.7 Å². The predicted molar refractivity (Wildman–Crippen MR) is 120 cm³/mol. The van der Waals surface area contributed by atoms with Crippen LogP contribution in [0.1, 0.15) is 37.7 Å². The van der Waals surface area contributed by atoms with E-state index in [1.165, 1.54) is 6.07 Å². The summed E-state index contributed by atoms with van der Waals surface area (Å²) >= 11 is 0. The monoisotopic (exact) mass is 432 g/mol. The van der Waals surface area contributed by atoms with Gasteiger partial charge in [0, 0.05) is 64.2 Å². The molecule has 3 rings (SSSR count). The molecule has 0 spiro atoms. The van der Waals surface area contributed by atoms with Crippen molar-refractivity contribution in [1.82, 2.24) is 19.6 Å². The second-order valence-electron chi connectivity index (χ2n) is 9.21. The van der Waals surface area contributed by atoms with Crippen LogP contribution < -0.4 is 0 Å². The molecule has 0 aromatic heterocycles. The molecule has 172 valence electrons. The number of halogens is 1. The van der Waals surface area contributed by atoms with E-state index >= 15 is 0 Å². The quantitative estimate of drug-likeness (QED) is 0.570. The van der Waals surface area contributed by atoms with Crippen LogP contribution in [0.2, 0.25) is 0 Å². The van der Waals surface area contributed by atoms with Crippen molar-refractivity contribution in [2.24, 2.45) is 5.92 Å². The van der Waals surface area contributed by atoms with Crippen LogP contribution in [-0.4, -0.2) is 91.3 Å². The average molecular weight is 433 g/mol. The summed E-state index contributed by atoms with van der Waals surface area (Å²) in [5.41, 5.74) is 0.735. The number of carbonyl (C=O) groups is 2. The molecule has 1 aromatic carbocycles. The largest absolute Gasteiger partial charge is 0.342 e. The second-order valence-corrected chi connectivity index (χ2v) is 9.21. The average Bonchev–Trinajstić information content (AvgIpc) is 3.16. The van der Waals surface area contributed by atoms with Gasteiger partial charge in [0.2, 0.25) is 11.8 Å². The molecule has 6 nitrogen and oxygen atoms in total. The summed E-state index contributed by atoms with van der Waals surface area (Å²) in [6.45, 7) is 6.01. The number of nitrogens with zero attached hydrogens (tertiary/aromatic N) is 4. The molecule has 0 unspecified atom stereocenters. The number of amides is 2. The fourth-order valence-electron chi connectivity index (χ4n) is 4.59. The van der Waals surface area contributed by atoms with Gasteiger partial charge >= 0.3 is 0 Å². The van der Waals surface area contributed by atoms with Gasteiger partial charge in [-0.15, -0.1) is 0 Å². The van der Waals surface area contributed by atoms with Crippen molar-refractivity contribution in [2.45, 2.75) is 38.6 Å². The molecule has 7 heteroatoms. The third kappa shape index (κ3) is 7.28. The smallest absolute Gasteiger partial charge is 0.224 e. The Morgan fingerprint density at radius 1 is 1.16 bits per heavy atom. The van der Waals surface area contributed by atoms with Crippen molar-refractivity contribution in [3.8, 4) is 0 Å². The number of benzene rings is 1. The number of hydrogen-bond donors (Lipinski definition) is 0. The number of hydrogen-bond acceptors (Lipinski definition) is 4. The number of piperidine rings is 1. The van der Waals surface area contributed by atoms with Gasteiger partial charge in [-0.25, -0.2) is 4.39 Å². The second kappa shape index (κ2) is 11.6. The number of likely N-dealkylation sites (N-methyl/N-ethyl adjacent to an activating group) is 1. The third-order valence-electron chi connectivity index (χ3n) is 6.37. The minimum Gasteiger partial charge on any atom is -0.342 e. The topological polar surface area (TPSA) is 47.1 Å². The van der Waals surface area contributed by atoms with Crippen molar-refractivity contribution in [2.75, 3.05) is 59.9 Å². The number of rotatable bonds is 10. The van der Waals surface area contributed by atoms with Crippen molar-refractivity contribution in [3.05, 3.63) is 35.6 Å². The number of carbonyl (C=O) groups excluding carboxylic acids is 2. The van der Waals surface area contributed by atoms with E-state index in [9.17, 15) is 14.0 Å². The lowest BCUT2D eigenvalue weighted by molar-refractivity contribution is -0.133. The molecule has 0 bridgehead atoms. The van der Waals surface area contributed by atoms with E-state index in [2.05, 4.69) is 9.80 Å². The van der Waals surface area contributed by atoms with E-state index in [0.717, 1.165) is 57.5 Å². The van der Waals surface area contributed by atoms with Gasteiger partial charge in [0.15, 0.2) is 0 Å². The highest BCUT2D eigenvalue weighted by molar-refractivity contribution is 5.80. The lowest BCUT2D eigenvalue weighted by Crippen LogP contribution is -2.45. The summed E-state index contributed by atoms with van der Waals surface area (Å²) in [6, 6.07) is 6.98. The van der Waals surface area contributed by atoms with Crippen LogP contribution in [0.25, 0.3) is 0 Å². The van der Waals surface area contributed by atoms with Gasteiger partial charge in [0.25, 0.3) is 0 Å². The molecule has 1 aromatic rings. The van der Waals surface area contributed by atoms with E-state index in [4.69, 9.17) is 0 Å². The lowest BCUT2D eigenvalue weighted by Gasteiger charge is -2.36. The van der Waals surface area contributed by atoms with E-state index < -0.39 is 0 Å². The van der Waals surface area contributed by atoms with Gasteiger partial charge in [-0.2, -0.15) is 0 Å². The molecule has 0 saturated carbocycles. The molecule has 2 heterocycles. The Morgan fingerprint density at radius 2 is 1.97 bits per heavy atom. The minimum atomic E-state index is -0.149. The maximum Gasteiger partial charge on any atom is 0.224 e. The van der Waals surface area contributed by atoms with E-state index in [1.54, 1.807) is 6.07 Å². The first kappa shape index (κ1) is 23.7. The fraction of sp³-hybridized carbons (Fsp3) is 0.667.